The zero-order chi connectivity index (χ0) is 50.6. The Bertz CT molecular complexity index is 2840. The summed E-state index contributed by atoms with van der Waals surface area (Å²) < 4.78 is 40.7. The van der Waals surface area contributed by atoms with Crippen LogP contribution in [0, 0.1) is 0 Å². The molecule has 0 aromatic carbocycles. The molecule has 1 N–H and O–H groups in total. The van der Waals surface area contributed by atoms with Crippen LogP contribution in [0.5, 0.6) is 0 Å². The minimum atomic E-state index is -2.39. The number of hydrogen-bond acceptors (Lipinski definition) is 13. The molecule has 0 bridgehead atoms. The first-order valence-electron chi connectivity index (χ1n) is 24.2. The fraction of sp³-hybridized carbons (Fsp3) is 0.420. The molecule has 10 nitrogen and oxygen atoms in total. The maximum atomic E-state index is 15.5. The molecule has 0 saturated heterocycles. The Morgan fingerprint density at radius 1 is 0.529 bits per heavy atom. The van der Waals surface area contributed by atoms with Crippen LogP contribution in [0.25, 0.3) is 52.2 Å². The summed E-state index contributed by atoms with van der Waals surface area (Å²) in [5.74, 6) is 2.34. The van der Waals surface area contributed by atoms with E-state index in [2.05, 4.69) is 151 Å². The Hall–Kier alpha value is -2.79. The number of aliphatic hydroxyl groups is 1. The van der Waals surface area contributed by atoms with E-state index in [4.69, 9.17) is 25.3 Å². The molecule has 0 spiro atoms. The quantitative estimate of drug-likeness (QED) is 0.0665. The monoisotopic (exact) mass is 1120 g/mol. The highest BCUT2D eigenvalue weighted by molar-refractivity contribution is 7.23. The SMILES string of the molecule is C[Si](C)(C)O[Si](C)(C)O[Si](C)(C)CCCN1C(=O)C2=C(c3ccc(-c4ccc(-c5cccs5)s4)o3)N(CCC[Si](C)(C)O[Si](C)(C)O[Si](C)(C)C)C(O)C2=C1c1ccc(-c2ccc(-c3cccs3)s2)o1. The van der Waals surface area contributed by atoms with Crippen LogP contribution in [0.3, 0.4) is 0 Å². The van der Waals surface area contributed by atoms with Gasteiger partial charge in [0.1, 0.15) is 11.5 Å². The van der Waals surface area contributed by atoms with E-state index in [1.165, 1.54) is 19.5 Å². The number of rotatable bonds is 22. The number of carbonyl (C=O) groups is 1. The predicted octanol–water partition coefficient (Wildman–Crippen LogP) is 15.7. The van der Waals surface area contributed by atoms with Gasteiger partial charge in [-0.1, -0.05) is 12.1 Å². The highest BCUT2D eigenvalue weighted by Gasteiger charge is 2.50. The van der Waals surface area contributed by atoms with Crippen molar-refractivity contribution in [2.24, 2.45) is 0 Å². The molecule has 0 aliphatic carbocycles. The predicted molar refractivity (Wildman–Crippen MR) is 309 cm³/mol. The number of fused-ring (bicyclic) bond motifs is 1. The Balaban J connectivity index is 1.17. The molecular weight excluding hydrogens is 1050 g/mol. The van der Waals surface area contributed by atoms with E-state index in [1.54, 1.807) is 45.3 Å². The molecule has 8 heterocycles. The van der Waals surface area contributed by atoms with E-state index in [-0.39, 0.29) is 5.91 Å². The molecule has 2 aliphatic rings. The lowest BCUT2D eigenvalue weighted by Crippen LogP contribution is -2.51. The molecule has 8 rings (SSSR count). The second-order valence-corrected chi connectivity index (χ2v) is 51.7. The van der Waals surface area contributed by atoms with E-state index in [0.717, 1.165) is 28.3 Å². The van der Waals surface area contributed by atoms with Gasteiger partial charge in [-0.25, -0.2) is 0 Å². The lowest BCUT2D eigenvalue weighted by atomic mass is 10.1. The van der Waals surface area contributed by atoms with Crippen molar-refractivity contribution in [3.8, 4) is 40.8 Å². The average molecular weight is 1120 g/mol. The highest BCUT2D eigenvalue weighted by atomic mass is 32.1. The fourth-order valence-electron chi connectivity index (χ4n) is 10.0. The molecule has 376 valence electrons. The van der Waals surface area contributed by atoms with Crippen LogP contribution in [-0.4, -0.2) is 90.5 Å². The van der Waals surface area contributed by atoms with Gasteiger partial charge in [-0.2, -0.15) is 0 Å². The van der Waals surface area contributed by atoms with Gasteiger partial charge in [0.25, 0.3) is 5.91 Å². The van der Waals surface area contributed by atoms with Crippen LogP contribution in [0.2, 0.25) is 104 Å². The Morgan fingerprint density at radius 2 is 0.957 bits per heavy atom. The second kappa shape index (κ2) is 20.5. The summed E-state index contributed by atoms with van der Waals surface area (Å²) in [6, 6.07) is 26.4. The highest BCUT2D eigenvalue weighted by Crippen LogP contribution is 2.51. The first kappa shape index (κ1) is 53.5. The van der Waals surface area contributed by atoms with Gasteiger partial charge in [0.15, 0.2) is 51.0 Å². The van der Waals surface area contributed by atoms with E-state index >= 15 is 4.79 Å². The van der Waals surface area contributed by atoms with Gasteiger partial charge in [-0.15, -0.1) is 45.3 Å². The lowest BCUT2D eigenvalue weighted by molar-refractivity contribution is -0.123. The van der Waals surface area contributed by atoms with Crippen molar-refractivity contribution in [3.05, 3.63) is 106 Å². The van der Waals surface area contributed by atoms with Crippen molar-refractivity contribution in [2.75, 3.05) is 13.1 Å². The zero-order valence-electron chi connectivity index (χ0n) is 43.2. The molecule has 1 unspecified atom stereocenters. The molecule has 70 heavy (non-hydrogen) atoms. The average Bonchev–Trinajstić information content (AvgIpc) is 4.07. The molecular formula is C50H70N2O8S4Si6. The largest absolute Gasteiger partial charge is 0.454 e. The minimum absolute atomic E-state index is 0.170. The second-order valence-electron chi connectivity index (χ2n) is 22.3. The van der Waals surface area contributed by atoms with E-state index in [1.807, 2.05) is 34.1 Å². The number of hydrogen-bond donors (Lipinski definition) is 1. The van der Waals surface area contributed by atoms with Gasteiger partial charge >= 0.3 is 17.1 Å². The summed E-state index contributed by atoms with van der Waals surface area (Å²) >= 11 is 6.78. The molecule has 6 aromatic rings. The van der Waals surface area contributed by atoms with Crippen LogP contribution in [0.1, 0.15) is 24.4 Å². The molecule has 1 atom stereocenters. The molecule has 0 radical (unpaired) electrons. The van der Waals surface area contributed by atoms with E-state index < -0.39 is 56.6 Å². The first-order chi connectivity index (χ1) is 32.7. The Labute approximate surface area is 437 Å². The summed E-state index contributed by atoms with van der Waals surface area (Å²) in [4.78, 5) is 26.0. The lowest BCUT2D eigenvalue weighted by Gasteiger charge is -2.38. The standard InChI is InChI=1S/C50H70N2O8S4Si6/c1-65(2,3)57-69(11,12)59-67(7,8)33-17-29-51-47(37-23-21-35(55-37)39-25-27-43(63-39)41-19-15-31-61-41)45-46(49(51)53)48(38-24-22-36(56-38)40-26-28-44(64-40)42-20-16-32-62-42)52(50(45)54)30-18-34-68(9,10)60-70(13,14)58-66(4,5)6/h15-16,19-28,31-32,49,53H,17-18,29-30,33-34H2,1-14H3. The summed E-state index contributed by atoms with van der Waals surface area (Å²) in [5, 5.41) is 17.0. The molecule has 2 aliphatic heterocycles. The van der Waals surface area contributed by atoms with E-state index in [9.17, 15) is 5.11 Å². The van der Waals surface area contributed by atoms with Crippen molar-refractivity contribution < 1.29 is 35.2 Å². The van der Waals surface area contributed by atoms with Crippen molar-refractivity contribution in [3.63, 3.8) is 0 Å². The van der Waals surface area contributed by atoms with Crippen molar-refractivity contribution in [2.45, 2.75) is 123 Å². The van der Waals surface area contributed by atoms with Crippen LogP contribution in [0.4, 0.5) is 0 Å². The summed E-state index contributed by atoms with van der Waals surface area (Å²) in [5.41, 5.74) is 2.21. The number of aliphatic hydroxyl groups excluding tert-OH is 1. The zero-order valence-corrected chi connectivity index (χ0v) is 52.5. The number of furan rings is 2. The van der Waals surface area contributed by atoms with Crippen molar-refractivity contribution in [1.29, 1.82) is 0 Å². The minimum Gasteiger partial charge on any atom is -0.454 e. The summed E-state index contributed by atoms with van der Waals surface area (Å²) in [6.07, 6.45) is 0.312. The van der Waals surface area contributed by atoms with Gasteiger partial charge < -0.3 is 40.2 Å². The van der Waals surface area contributed by atoms with Crippen LogP contribution in [-0.2, 0) is 21.3 Å². The topological polar surface area (TPSA) is 107 Å². The van der Waals surface area contributed by atoms with Gasteiger partial charge in [-0.3, -0.25) is 4.79 Å². The molecule has 1 amide bonds. The maximum absolute atomic E-state index is 15.5. The Morgan fingerprint density at radius 3 is 1.40 bits per heavy atom. The third kappa shape index (κ3) is 12.8. The number of carbonyl (C=O) groups excluding carboxylic acids is 1. The van der Waals surface area contributed by atoms with Crippen LogP contribution >= 0.6 is 45.3 Å². The van der Waals surface area contributed by atoms with Gasteiger partial charge in [-0.05, 0) is 188 Å². The Kier molecular flexibility index (Phi) is 15.7. The smallest absolute Gasteiger partial charge is 0.311 e. The third-order valence-electron chi connectivity index (χ3n) is 11.7. The molecule has 0 saturated carbocycles. The van der Waals surface area contributed by atoms with Crippen LogP contribution < -0.4 is 0 Å². The van der Waals surface area contributed by atoms with Gasteiger partial charge in [0, 0.05) is 38.2 Å². The van der Waals surface area contributed by atoms with Crippen LogP contribution in [0.15, 0.2) is 104 Å². The molecule has 0 fully saturated rings. The summed E-state index contributed by atoms with van der Waals surface area (Å²) in [6.45, 7) is 31.9. The molecule has 20 heteroatoms. The van der Waals surface area contributed by atoms with Crippen molar-refractivity contribution in [1.82, 2.24) is 9.80 Å². The number of nitrogens with zero attached hydrogens (tertiary/aromatic N) is 2. The number of thiophene rings is 4. The normalized spacial score (nSPS) is 16.5. The van der Waals surface area contributed by atoms with Gasteiger partial charge in [0.05, 0.1) is 26.7 Å². The summed E-state index contributed by atoms with van der Waals surface area (Å²) in [7, 11) is -12.8. The van der Waals surface area contributed by atoms with Crippen molar-refractivity contribution >= 4 is 113 Å². The van der Waals surface area contributed by atoms with Gasteiger partial charge in [0.2, 0.25) is 0 Å². The van der Waals surface area contributed by atoms with E-state index in [0.29, 0.717) is 65.1 Å². The first-order valence-corrected chi connectivity index (χ1v) is 46.3. The molecule has 6 aromatic heterocycles. The fourth-order valence-corrected chi connectivity index (χ4v) is 40.0. The maximum Gasteiger partial charge on any atom is 0.311 e. The number of amides is 1. The third-order valence-corrected chi connectivity index (χ3v) is 36.4.